The minimum absolute atomic E-state index is 0.00341. The normalized spacial score (nSPS) is 17.8. The maximum atomic E-state index is 12.6. The predicted molar refractivity (Wildman–Crippen MR) is 150 cm³/mol. The van der Waals surface area contributed by atoms with Crippen molar-refractivity contribution in [2.24, 2.45) is 0 Å². The number of rotatable bonds is 7. The summed E-state index contributed by atoms with van der Waals surface area (Å²) in [4.78, 5) is 12.6. The predicted octanol–water partition coefficient (Wildman–Crippen LogP) is 7.38. The Labute approximate surface area is 219 Å². The van der Waals surface area contributed by atoms with Crippen LogP contribution in [0.1, 0.15) is 77.7 Å². The highest BCUT2D eigenvalue weighted by atomic mass is 16.5. The Morgan fingerprint density at radius 3 is 2.51 bits per heavy atom. The van der Waals surface area contributed by atoms with Crippen LogP contribution in [-0.4, -0.2) is 25.7 Å². The van der Waals surface area contributed by atoms with Gasteiger partial charge in [0.05, 0.1) is 12.7 Å². The number of benzene rings is 4. The van der Waals surface area contributed by atoms with Gasteiger partial charge in [-0.2, -0.15) is 0 Å². The van der Waals surface area contributed by atoms with Crippen molar-refractivity contribution in [2.75, 3.05) is 13.7 Å². The molecule has 5 rings (SSSR count). The molecule has 4 aromatic carbocycles. The van der Waals surface area contributed by atoms with Crippen LogP contribution in [-0.2, 0) is 4.74 Å². The summed E-state index contributed by atoms with van der Waals surface area (Å²) in [5.74, 6) is 0.996. The number of hydrogen-bond donors (Lipinski definition) is 1. The molecule has 2 unspecified atom stereocenters. The van der Waals surface area contributed by atoms with Gasteiger partial charge in [-0.1, -0.05) is 86.6 Å². The number of esters is 1. The van der Waals surface area contributed by atoms with Gasteiger partial charge in [0.15, 0.2) is 0 Å². The molecule has 1 N–H and O–H groups in total. The summed E-state index contributed by atoms with van der Waals surface area (Å²) < 4.78 is 11.6. The van der Waals surface area contributed by atoms with Gasteiger partial charge in [-0.15, -0.1) is 0 Å². The Morgan fingerprint density at radius 1 is 0.946 bits per heavy atom. The van der Waals surface area contributed by atoms with Gasteiger partial charge in [-0.05, 0) is 58.9 Å². The molecule has 0 spiro atoms. The molecule has 1 aliphatic heterocycles. The summed E-state index contributed by atoms with van der Waals surface area (Å²) in [6.07, 6.45) is 0.831. The molecular weight excluding hydrogens is 458 g/mol. The molecule has 0 saturated carbocycles. The van der Waals surface area contributed by atoms with Gasteiger partial charge >= 0.3 is 5.97 Å². The van der Waals surface area contributed by atoms with Crippen molar-refractivity contribution in [3.05, 3.63) is 113 Å². The molecule has 0 aromatic heterocycles. The lowest BCUT2D eigenvalue weighted by Gasteiger charge is -2.34. The first-order valence-electron chi connectivity index (χ1n) is 13.1. The monoisotopic (exact) mass is 493 g/mol. The summed E-state index contributed by atoms with van der Waals surface area (Å²) in [7, 11) is 1.45. The number of ether oxygens (including phenoxy) is 2. The van der Waals surface area contributed by atoms with Crippen molar-refractivity contribution in [2.45, 2.75) is 51.2 Å². The Balaban J connectivity index is 1.40. The van der Waals surface area contributed by atoms with Gasteiger partial charge in [0.1, 0.15) is 11.9 Å². The van der Waals surface area contributed by atoms with Crippen LogP contribution in [0.4, 0.5) is 0 Å². The summed E-state index contributed by atoms with van der Waals surface area (Å²) in [6.45, 7) is 7.14. The highest BCUT2D eigenvalue weighted by molar-refractivity contribution is 5.91. The molecule has 1 heterocycles. The summed E-state index contributed by atoms with van der Waals surface area (Å²) >= 11 is 0. The minimum atomic E-state index is -0.284. The molecule has 3 atom stereocenters. The van der Waals surface area contributed by atoms with Crippen LogP contribution in [0.3, 0.4) is 0 Å². The number of carbonyl (C=O) groups is 1. The van der Waals surface area contributed by atoms with E-state index >= 15 is 0 Å². The maximum Gasteiger partial charge on any atom is 0.338 e. The number of fused-ring (bicyclic) bond motifs is 2. The third kappa shape index (κ3) is 5.12. The van der Waals surface area contributed by atoms with Gasteiger partial charge in [0.2, 0.25) is 0 Å². The summed E-state index contributed by atoms with van der Waals surface area (Å²) in [6, 6.07) is 29.7. The Bertz CT molecular complexity index is 1400. The smallest absolute Gasteiger partial charge is 0.338 e. The average molecular weight is 494 g/mol. The highest BCUT2D eigenvalue weighted by Gasteiger charge is 2.30. The molecule has 0 fully saturated rings. The lowest BCUT2D eigenvalue weighted by molar-refractivity contribution is 0.0599. The fourth-order valence-electron chi connectivity index (χ4n) is 5.56. The molecule has 1 aliphatic rings. The Kier molecular flexibility index (Phi) is 7.29. The number of para-hydroxylation sites is 1. The maximum absolute atomic E-state index is 12.6. The van der Waals surface area contributed by atoms with Gasteiger partial charge in [0.25, 0.3) is 0 Å². The first-order chi connectivity index (χ1) is 18.0. The van der Waals surface area contributed by atoms with Crippen LogP contribution in [0.2, 0.25) is 0 Å². The Hall–Kier alpha value is -3.63. The molecule has 4 nitrogen and oxygen atoms in total. The first-order valence-corrected chi connectivity index (χ1v) is 13.1. The van der Waals surface area contributed by atoms with Crippen molar-refractivity contribution in [1.29, 1.82) is 0 Å². The second kappa shape index (κ2) is 10.8. The van der Waals surface area contributed by atoms with Gasteiger partial charge in [0, 0.05) is 24.1 Å². The van der Waals surface area contributed by atoms with Crippen LogP contribution in [0.5, 0.6) is 5.75 Å². The molecule has 0 amide bonds. The molecule has 4 aromatic rings. The van der Waals surface area contributed by atoms with E-state index in [2.05, 4.69) is 92.8 Å². The van der Waals surface area contributed by atoms with Crippen LogP contribution in [0.15, 0.2) is 84.9 Å². The van der Waals surface area contributed by atoms with Crippen LogP contribution >= 0.6 is 0 Å². The van der Waals surface area contributed by atoms with E-state index in [1.807, 2.05) is 18.2 Å². The van der Waals surface area contributed by atoms with Crippen LogP contribution in [0.25, 0.3) is 10.8 Å². The molecule has 190 valence electrons. The van der Waals surface area contributed by atoms with E-state index in [9.17, 15) is 4.79 Å². The molecule has 0 radical (unpaired) electrons. The largest absolute Gasteiger partial charge is 0.489 e. The molecule has 0 aliphatic carbocycles. The van der Waals surface area contributed by atoms with Crippen molar-refractivity contribution in [3.8, 4) is 5.75 Å². The van der Waals surface area contributed by atoms with Gasteiger partial charge in [-0.25, -0.2) is 4.79 Å². The van der Waals surface area contributed by atoms with Gasteiger partial charge < -0.3 is 14.8 Å². The van der Waals surface area contributed by atoms with Crippen molar-refractivity contribution in [3.63, 3.8) is 0 Å². The second-order valence-corrected chi connectivity index (χ2v) is 10.3. The van der Waals surface area contributed by atoms with E-state index in [1.54, 1.807) is 0 Å². The third-order valence-electron chi connectivity index (χ3n) is 7.54. The lowest BCUT2D eigenvalue weighted by atomic mass is 9.82. The van der Waals surface area contributed by atoms with E-state index in [-0.39, 0.29) is 30.0 Å². The van der Waals surface area contributed by atoms with E-state index in [0.717, 1.165) is 35.4 Å². The van der Waals surface area contributed by atoms with E-state index in [0.29, 0.717) is 5.56 Å². The lowest BCUT2D eigenvalue weighted by Crippen LogP contribution is -2.37. The molecule has 37 heavy (non-hydrogen) atoms. The van der Waals surface area contributed by atoms with Crippen LogP contribution in [0, 0.1) is 0 Å². The van der Waals surface area contributed by atoms with Crippen molar-refractivity contribution < 1.29 is 14.3 Å². The zero-order valence-electron chi connectivity index (χ0n) is 22.0. The van der Waals surface area contributed by atoms with E-state index in [1.165, 1.54) is 23.4 Å². The SMILES string of the molecule is COC(=O)c1cc(C2CC(CN[C@H](C)c3cccc4ccccc34)Oc3ccccc32)ccc1C(C)C. The zero-order valence-corrected chi connectivity index (χ0v) is 22.0. The fourth-order valence-corrected chi connectivity index (χ4v) is 5.56. The molecule has 0 bridgehead atoms. The standard InChI is InChI=1S/C33H35NO3/c1-21(2)26-17-16-24(18-31(26)33(35)36-4)30-19-25(37-32-15-8-7-13-29(30)32)20-34-22(3)27-14-9-11-23-10-5-6-12-28(23)27/h5-18,21-22,25,30,34H,19-20H2,1-4H3/t22-,25?,30?/m1/s1. The molecule has 0 saturated heterocycles. The minimum Gasteiger partial charge on any atom is -0.489 e. The number of carbonyl (C=O) groups excluding carboxylic acids is 1. The average Bonchev–Trinajstić information content (AvgIpc) is 2.94. The van der Waals surface area contributed by atoms with Crippen molar-refractivity contribution in [1.82, 2.24) is 5.32 Å². The number of nitrogens with one attached hydrogen (secondary N) is 1. The number of hydrogen-bond acceptors (Lipinski definition) is 4. The van der Waals surface area contributed by atoms with E-state index < -0.39 is 0 Å². The van der Waals surface area contributed by atoms with Gasteiger partial charge in [-0.3, -0.25) is 0 Å². The molecular formula is C33H35NO3. The second-order valence-electron chi connectivity index (χ2n) is 10.3. The quantitative estimate of drug-likeness (QED) is 0.273. The topological polar surface area (TPSA) is 47.6 Å². The summed E-state index contributed by atoms with van der Waals surface area (Å²) in [5, 5.41) is 6.26. The van der Waals surface area contributed by atoms with E-state index in [4.69, 9.17) is 9.47 Å². The third-order valence-corrected chi connectivity index (χ3v) is 7.54. The Morgan fingerprint density at radius 2 is 1.70 bits per heavy atom. The zero-order chi connectivity index (χ0) is 25.9. The first kappa shape index (κ1) is 25.0. The summed E-state index contributed by atoms with van der Waals surface area (Å²) in [5.41, 5.74) is 5.23. The number of methoxy groups -OCH3 is 1. The fraction of sp³-hybridized carbons (Fsp3) is 0.303. The van der Waals surface area contributed by atoms with Crippen LogP contribution < -0.4 is 10.1 Å². The highest BCUT2D eigenvalue weighted by Crippen LogP contribution is 2.41. The molecule has 4 heteroatoms. The van der Waals surface area contributed by atoms with Crippen molar-refractivity contribution >= 4 is 16.7 Å².